The number of carbonyl (C=O) groups excluding carboxylic acids is 1. The quantitative estimate of drug-likeness (QED) is 0.660. The van der Waals surface area contributed by atoms with E-state index in [0.29, 0.717) is 6.42 Å². The van der Waals surface area contributed by atoms with Crippen LogP contribution in [0.1, 0.15) is 30.6 Å². The van der Waals surface area contributed by atoms with Crippen molar-refractivity contribution in [1.82, 2.24) is 5.32 Å². The summed E-state index contributed by atoms with van der Waals surface area (Å²) in [6.07, 6.45) is -0.0465. The van der Waals surface area contributed by atoms with Gasteiger partial charge >= 0.3 is 0 Å². The number of aliphatic hydroxyl groups excluding tert-OH is 1. The van der Waals surface area contributed by atoms with Gasteiger partial charge in [0.15, 0.2) is 0 Å². The molecule has 6 nitrogen and oxygen atoms in total. The van der Waals surface area contributed by atoms with E-state index in [1.54, 1.807) is 0 Å². The van der Waals surface area contributed by atoms with E-state index >= 15 is 0 Å². The highest BCUT2D eigenvalue weighted by Gasteiger charge is 2.48. The zero-order valence-corrected chi connectivity index (χ0v) is 11.8. The number of nitro benzene ring substituents is 1. The van der Waals surface area contributed by atoms with E-state index in [1.807, 2.05) is 13.8 Å². The van der Waals surface area contributed by atoms with Gasteiger partial charge in [0.1, 0.15) is 5.56 Å². The predicted molar refractivity (Wildman–Crippen MR) is 73.8 cm³/mol. The summed E-state index contributed by atoms with van der Waals surface area (Å²) in [6.45, 7) is 3.66. The highest BCUT2D eigenvalue weighted by molar-refractivity contribution is 6.31. The average Bonchev–Trinajstić information content (AvgIpc) is 2.37. The van der Waals surface area contributed by atoms with E-state index in [9.17, 15) is 20.0 Å². The van der Waals surface area contributed by atoms with Gasteiger partial charge in [-0.15, -0.1) is 0 Å². The molecule has 0 aliphatic heterocycles. The lowest BCUT2D eigenvalue weighted by molar-refractivity contribution is -0.385. The van der Waals surface area contributed by atoms with Gasteiger partial charge in [-0.2, -0.15) is 0 Å². The van der Waals surface area contributed by atoms with Crippen molar-refractivity contribution < 1.29 is 14.8 Å². The van der Waals surface area contributed by atoms with E-state index in [4.69, 9.17) is 11.6 Å². The highest BCUT2D eigenvalue weighted by atomic mass is 35.5. The molecule has 2 rings (SSSR count). The maximum absolute atomic E-state index is 12.2. The van der Waals surface area contributed by atoms with Crippen molar-refractivity contribution in [2.75, 3.05) is 0 Å². The SMILES string of the molecule is CC1(C)C(O)CC1NC(=O)c1cc(Cl)ccc1[N+](=O)[O-]. The summed E-state index contributed by atoms with van der Waals surface area (Å²) in [6, 6.07) is 3.63. The van der Waals surface area contributed by atoms with E-state index in [0.717, 1.165) is 0 Å². The van der Waals surface area contributed by atoms with Crippen LogP contribution in [-0.4, -0.2) is 28.1 Å². The number of carbonyl (C=O) groups is 1. The second-order valence-electron chi connectivity index (χ2n) is 5.52. The molecule has 1 aromatic carbocycles. The zero-order chi connectivity index (χ0) is 15.1. The molecular formula is C13H15ClN2O4. The molecule has 1 aromatic rings. The number of hydrogen-bond donors (Lipinski definition) is 2. The summed E-state index contributed by atoms with van der Waals surface area (Å²) < 4.78 is 0. The fraction of sp³-hybridized carbons (Fsp3) is 0.462. The Bertz CT molecular complexity index is 573. The van der Waals surface area contributed by atoms with Crippen molar-refractivity contribution >= 4 is 23.2 Å². The summed E-state index contributed by atoms with van der Waals surface area (Å²) in [7, 11) is 0. The molecule has 0 radical (unpaired) electrons. The topological polar surface area (TPSA) is 92.5 Å². The minimum atomic E-state index is -0.619. The van der Waals surface area contributed by atoms with Crippen molar-refractivity contribution in [3.63, 3.8) is 0 Å². The lowest BCUT2D eigenvalue weighted by Gasteiger charge is -2.49. The van der Waals surface area contributed by atoms with Crippen LogP contribution < -0.4 is 5.32 Å². The molecule has 0 heterocycles. The molecule has 2 atom stereocenters. The molecule has 2 N–H and O–H groups in total. The zero-order valence-electron chi connectivity index (χ0n) is 11.1. The van der Waals surface area contributed by atoms with Gasteiger partial charge in [-0.3, -0.25) is 14.9 Å². The first-order valence-corrected chi connectivity index (χ1v) is 6.54. The fourth-order valence-corrected chi connectivity index (χ4v) is 2.40. The second-order valence-corrected chi connectivity index (χ2v) is 5.95. The molecule has 0 bridgehead atoms. The first-order valence-electron chi connectivity index (χ1n) is 6.16. The molecule has 7 heteroatoms. The van der Waals surface area contributed by atoms with Crippen LogP contribution in [0.15, 0.2) is 18.2 Å². The number of nitrogens with one attached hydrogen (secondary N) is 1. The van der Waals surface area contributed by atoms with Crippen LogP contribution in [0.25, 0.3) is 0 Å². The Morgan fingerprint density at radius 2 is 2.20 bits per heavy atom. The molecule has 20 heavy (non-hydrogen) atoms. The van der Waals surface area contributed by atoms with Crippen LogP contribution in [0.3, 0.4) is 0 Å². The molecule has 108 valence electrons. The summed E-state index contributed by atoms with van der Waals surface area (Å²) in [5.74, 6) is -0.552. The Morgan fingerprint density at radius 3 is 2.70 bits per heavy atom. The maximum atomic E-state index is 12.2. The Balaban J connectivity index is 2.22. The number of halogens is 1. The number of nitrogens with zero attached hydrogens (tertiary/aromatic N) is 1. The smallest absolute Gasteiger partial charge is 0.282 e. The standard InChI is InChI=1S/C13H15ClN2O4/c1-13(2)10(6-11(13)17)15-12(18)8-5-7(14)3-4-9(8)16(19)20/h3-5,10-11,17H,6H2,1-2H3,(H,15,18). The van der Waals surface area contributed by atoms with Gasteiger partial charge in [-0.05, 0) is 18.6 Å². The van der Waals surface area contributed by atoms with E-state index < -0.39 is 22.3 Å². The second kappa shape index (κ2) is 5.03. The molecule has 1 aliphatic rings. The van der Waals surface area contributed by atoms with E-state index in [1.165, 1.54) is 18.2 Å². The molecule has 1 saturated carbocycles. The molecule has 2 unspecified atom stereocenters. The van der Waals surface area contributed by atoms with E-state index in [2.05, 4.69) is 5.32 Å². The molecule has 0 saturated heterocycles. The van der Waals surface area contributed by atoms with Gasteiger partial charge in [0.25, 0.3) is 11.6 Å². The number of rotatable bonds is 3. The Kier molecular flexibility index (Phi) is 3.71. The summed E-state index contributed by atoms with van der Waals surface area (Å²) in [5.41, 5.74) is -0.799. The van der Waals surface area contributed by atoms with Crippen molar-refractivity contribution in [2.45, 2.75) is 32.4 Å². The molecule has 1 aliphatic carbocycles. The molecule has 0 aromatic heterocycles. The molecular weight excluding hydrogens is 284 g/mol. The Morgan fingerprint density at radius 1 is 1.55 bits per heavy atom. The lowest BCUT2D eigenvalue weighted by atomic mass is 9.64. The first kappa shape index (κ1) is 14.7. The van der Waals surface area contributed by atoms with E-state index in [-0.39, 0.29) is 22.3 Å². The third-order valence-electron chi connectivity index (χ3n) is 3.92. The third kappa shape index (κ3) is 2.48. The van der Waals surface area contributed by atoms with Crippen molar-refractivity contribution in [3.05, 3.63) is 38.9 Å². The van der Waals surface area contributed by atoms with Crippen molar-refractivity contribution in [1.29, 1.82) is 0 Å². The van der Waals surface area contributed by atoms with Crippen LogP contribution in [0, 0.1) is 15.5 Å². The molecule has 1 fully saturated rings. The Labute approximate surface area is 120 Å². The maximum Gasteiger partial charge on any atom is 0.282 e. The van der Waals surface area contributed by atoms with Gasteiger partial charge in [0.05, 0.1) is 11.0 Å². The number of aliphatic hydroxyl groups is 1. The predicted octanol–water partition coefficient (Wildman–Crippen LogP) is 2.14. The van der Waals surface area contributed by atoms with Gasteiger partial charge in [0.2, 0.25) is 0 Å². The van der Waals surface area contributed by atoms with Gasteiger partial charge in [-0.1, -0.05) is 25.4 Å². The third-order valence-corrected chi connectivity index (χ3v) is 4.16. The first-order chi connectivity index (χ1) is 9.23. The fourth-order valence-electron chi connectivity index (χ4n) is 2.23. The van der Waals surface area contributed by atoms with Gasteiger partial charge in [-0.25, -0.2) is 0 Å². The van der Waals surface area contributed by atoms with Crippen molar-refractivity contribution in [3.8, 4) is 0 Å². The largest absolute Gasteiger partial charge is 0.392 e. The monoisotopic (exact) mass is 298 g/mol. The normalized spacial score (nSPS) is 23.8. The summed E-state index contributed by atoms with van der Waals surface area (Å²) >= 11 is 5.79. The van der Waals surface area contributed by atoms with Crippen LogP contribution >= 0.6 is 11.6 Å². The number of nitro groups is 1. The van der Waals surface area contributed by atoms with Gasteiger partial charge < -0.3 is 10.4 Å². The molecule has 0 spiro atoms. The van der Waals surface area contributed by atoms with Crippen molar-refractivity contribution in [2.24, 2.45) is 5.41 Å². The Hall–Kier alpha value is -1.66. The van der Waals surface area contributed by atoms with Crippen LogP contribution in [0.4, 0.5) is 5.69 Å². The average molecular weight is 299 g/mol. The minimum Gasteiger partial charge on any atom is -0.392 e. The highest BCUT2D eigenvalue weighted by Crippen LogP contribution is 2.40. The number of hydrogen-bond acceptors (Lipinski definition) is 4. The lowest BCUT2D eigenvalue weighted by Crippen LogP contribution is -2.61. The minimum absolute atomic E-state index is 0.0697. The number of amides is 1. The summed E-state index contributed by atoms with van der Waals surface area (Å²) in [4.78, 5) is 22.5. The van der Waals surface area contributed by atoms with Crippen LogP contribution in [0.5, 0.6) is 0 Å². The van der Waals surface area contributed by atoms with Crippen LogP contribution in [0.2, 0.25) is 5.02 Å². The molecule has 1 amide bonds. The number of benzene rings is 1. The summed E-state index contributed by atoms with van der Waals surface area (Å²) in [5, 5.41) is 23.5. The van der Waals surface area contributed by atoms with Crippen LogP contribution in [-0.2, 0) is 0 Å². The van der Waals surface area contributed by atoms with Gasteiger partial charge in [0, 0.05) is 22.5 Å².